The molecule has 0 N–H and O–H groups in total. The van der Waals surface area contributed by atoms with E-state index in [4.69, 9.17) is 0 Å². The Kier molecular flexibility index (Phi) is 16.6. The molecular weight excluding hydrogens is 837 g/mol. The van der Waals surface area contributed by atoms with E-state index in [-0.39, 0.29) is 0 Å². The molecule has 0 bridgehead atoms. The van der Waals surface area contributed by atoms with Crippen molar-refractivity contribution in [1.29, 1.82) is 0 Å². The van der Waals surface area contributed by atoms with Crippen molar-refractivity contribution < 1.29 is 0 Å². The Labute approximate surface area is 410 Å². The van der Waals surface area contributed by atoms with Crippen LogP contribution in [0.4, 0.5) is 0 Å². The van der Waals surface area contributed by atoms with E-state index in [0.717, 1.165) is 19.3 Å². The lowest BCUT2D eigenvalue weighted by atomic mass is 9.84. The highest BCUT2D eigenvalue weighted by molar-refractivity contribution is 7.26. The summed E-state index contributed by atoms with van der Waals surface area (Å²) in [5.74, 6) is 0. The average Bonchev–Trinajstić information content (AvgIpc) is 3.80. The lowest BCUT2D eigenvalue weighted by molar-refractivity contribution is 1.11. The summed E-state index contributed by atoms with van der Waals surface area (Å²) in [6, 6.07) is 68.2. The van der Waals surface area contributed by atoms with Crippen molar-refractivity contribution in [3.63, 3.8) is 0 Å². The highest BCUT2D eigenvalue weighted by atomic mass is 32.1. The fourth-order valence-electron chi connectivity index (χ4n) is 9.29. The van der Waals surface area contributed by atoms with Crippen molar-refractivity contribution in [3.8, 4) is 33.4 Å². The van der Waals surface area contributed by atoms with Gasteiger partial charge in [-0.1, -0.05) is 232 Å². The van der Waals surface area contributed by atoms with Gasteiger partial charge in [0.1, 0.15) is 0 Å². The Hall–Kier alpha value is -7.06. The zero-order chi connectivity index (χ0) is 48.2. The third kappa shape index (κ3) is 10.1. The third-order valence-electron chi connectivity index (χ3n) is 12.8. The van der Waals surface area contributed by atoms with Crippen LogP contribution in [0.5, 0.6) is 0 Å². The summed E-state index contributed by atoms with van der Waals surface area (Å²) in [4.78, 5) is 0. The number of fused-ring (bicyclic) bond motifs is 7. The minimum atomic E-state index is 1.04. The molecule has 1 aromatic heterocycles. The SMILES string of the molecule is C=CC=C.CC.CC.CCc1ccc2cc(-c3c4ccccc4c(-c4ccc5cc(CC)ccc5c4)c4cc(-c5cccc6c5sc5ccccc56)ccc34)ccc2c1.CCc1ccccc1C. The van der Waals surface area contributed by atoms with Crippen molar-refractivity contribution >= 4 is 74.6 Å². The maximum absolute atomic E-state index is 3.36. The van der Waals surface area contributed by atoms with Gasteiger partial charge in [-0.2, -0.15) is 0 Å². The topological polar surface area (TPSA) is 0 Å². The number of hydrogen-bond donors (Lipinski definition) is 0. The Morgan fingerprint density at radius 2 is 0.868 bits per heavy atom. The number of hydrogen-bond acceptors (Lipinski definition) is 1. The second-order valence-corrected chi connectivity index (χ2v) is 17.6. The molecule has 340 valence electrons. The van der Waals surface area contributed by atoms with Gasteiger partial charge < -0.3 is 0 Å². The second kappa shape index (κ2) is 23.1. The van der Waals surface area contributed by atoms with Gasteiger partial charge in [0.05, 0.1) is 0 Å². The largest absolute Gasteiger partial charge is 0.135 e. The Bertz CT molecular complexity index is 3500. The molecular formula is C67H66S. The van der Waals surface area contributed by atoms with E-state index < -0.39 is 0 Å². The minimum absolute atomic E-state index is 1.04. The van der Waals surface area contributed by atoms with Crippen molar-refractivity contribution in [2.45, 2.75) is 74.7 Å². The summed E-state index contributed by atoms with van der Waals surface area (Å²) in [6.45, 7) is 23.5. The molecule has 0 nitrogen and oxygen atoms in total. The van der Waals surface area contributed by atoms with Crippen LogP contribution in [-0.2, 0) is 19.3 Å². The number of rotatable bonds is 7. The maximum atomic E-state index is 3.36. The smallest absolute Gasteiger partial charge is 0.0433 e. The van der Waals surface area contributed by atoms with Crippen LogP contribution in [0.3, 0.4) is 0 Å². The van der Waals surface area contributed by atoms with Gasteiger partial charge in [0.25, 0.3) is 0 Å². The summed E-state index contributed by atoms with van der Waals surface area (Å²) < 4.78 is 2.68. The highest BCUT2D eigenvalue weighted by Crippen LogP contribution is 2.47. The van der Waals surface area contributed by atoms with E-state index in [1.165, 1.54) is 119 Å². The fraction of sp³-hybridized carbons (Fsp3) is 0.164. The zero-order valence-electron chi connectivity index (χ0n) is 41.4. The molecule has 0 radical (unpaired) electrons. The van der Waals surface area contributed by atoms with Gasteiger partial charge in [0.2, 0.25) is 0 Å². The van der Waals surface area contributed by atoms with Gasteiger partial charge >= 0.3 is 0 Å². The van der Waals surface area contributed by atoms with Crippen LogP contribution in [-0.4, -0.2) is 0 Å². The molecule has 0 aliphatic heterocycles. The Morgan fingerprint density at radius 3 is 1.41 bits per heavy atom. The molecule has 11 aromatic rings. The van der Waals surface area contributed by atoms with Crippen molar-refractivity contribution in [2.24, 2.45) is 0 Å². The zero-order valence-corrected chi connectivity index (χ0v) is 42.2. The number of benzene rings is 10. The quantitative estimate of drug-likeness (QED) is 0.110. The van der Waals surface area contributed by atoms with Gasteiger partial charge in [-0.3, -0.25) is 0 Å². The predicted molar refractivity (Wildman–Crippen MR) is 308 cm³/mol. The van der Waals surface area contributed by atoms with Gasteiger partial charge in [-0.25, -0.2) is 0 Å². The highest BCUT2D eigenvalue weighted by Gasteiger charge is 2.19. The summed E-state index contributed by atoms with van der Waals surface area (Å²) in [5.41, 5.74) is 13.2. The first-order valence-electron chi connectivity index (χ1n) is 24.7. The fourth-order valence-corrected chi connectivity index (χ4v) is 10.5. The molecule has 0 atom stereocenters. The third-order valence-corrected chi connectivity index (χ3v) is 14.0. The molecule has 0 fully saturated rings. The van der Waals surface area contributed by atoms with Crippen LogP contribution >= 0.6 is 11.3 Å². The Morgan fingerprint density at radius 1 is 0.397 bits per heavy atom. The summed E-state index contributed by atoms with van der Waals surface area (Å²) >= 11 is 1.90. The van der Waals surface area contributed by atoms with Crippen LogP contribution in [0.15, 0.2) is 207 Å². The predicted octanol–water partition coefficient (Wildman–Crippen LogP) is 20.8. The lowest BCUT2D eigenvalue weighted by Crippen LogP contribution is -1.92. The van der Waals surface area contributed by atoms with Crippen LogP contribution in [0.25, 0.3) is 96.6 Å². The standard InChI is InChI=1S/C50H36S.C9H12.C4H6.2C2H6/c1-3-31-16-18-35-28-38(22-20-33(35)26-31)48-42-11-5-6-12-43(42)49(39-23-21-34-27-32(4-2)17-19-36(34)29-39)46-30-37(24-25-44(46)48)40-13-9-14-45-41-10-7-8-15-47(41)51-50(40)45;1-3-9-7-5-4-6-8(9)2;1-3-4-2;2*1-2/h5-30H,3-4H2,1-2H3;4-7H,3H2,1-2H3;3-4H,1-2H2;2*1-2H3. The molecule has 11 rings (SSSR count). The molecule has 0 saturated heterocycles. The van der Waals surface area contributed by atoms with Gasteiger partial charge in [-0.05, 0) is 149 Å². The second-order valence-electron chi connectivity index (χ2n) is 16.6. The molecule has 68 heavy (non-hydrogen) atoms. The first-order valence-corrected chi connectivity index (χ1v) is 25.5. The van der Waals surface area contributed by atoms with Gasteiger partial charge in [0.15, 0.2) is 0 Å². The van der Waals surface area contributed by atoms with Crippen LogP contribution < -0.4 is 0 Å². The first kappa shape index (κ1) is 48.9. The van der Waals surface area contributed by atoms with Gasteiger partial charge in [-0.15, -0.1) is 11.3 Å². The number of aryl methyl sites for hydroxylation is 4. The van der Waals surface area contributed by atoms with Crippen molar-refractivity contribution in [3.05, 3.63) is 230 Å². The van der Waals surface area contributed by atoms with Crippen molar-refractivity contribution in [1.82, 2.24) is 0 Å². The molecule has 10 aromatic carbocycles. The summed E-state index contributed by atoms with van der Waals surface area (Å²) in [7, 11) is 0. The van der Waals surface area contributed by atoms with Crippen LogP contribution in [0.2, 0.25) is 0 Å². The molecule has 1 heteroatoms. The summed E-state index contributed by atoms with van der Waals surface area (Å²) in [5, 5.41) is 12.9. The van der Waals surface area contributed by atoms with Crippen LogP contribution in [0.1, 0.15) is 70.7 Å². The molecule has 0 saturated carbocycles. The van der Waals surface area contributed by atoms with E-state index in [1.807, 2.05) is 39.0 Å². The van der Waals surface area contributed by atoms with E-state index >= 15 is 0 Å². The van der Waals surface area contributed by atoms with E-state index in [9.17, 15) is 0 Å². The molecule has 0 unspecified atom stereocenters. The molecule has 0 aliphatic rings. The molecule has 0 spiro atoms. The van der Waals surface area contributed by atoms with Gasteiger partial charge in [0, 0.05) is 20.2 Å². The van der Waals surface area contributed by atoms with E-state index in [1.54, 1.807) is 12.2 Å². The monoisotopic (exact) mass is 902 g/mol. The average molecular weight is 903 g/mol. The first-order chi connectivity index (χ1) is 33.4. The molecule has 1 heterocycles. The minimum Gasteiger partial charge on any atom is -0.135 e. The van der Waals surface area contributed by atoms with Crippen molar-refractivity contribution in [2.75, 3.05) is 0 Å². The molecule has 0 aliphatic carbocycles. The van der Waals surface area contributed by atoms with E-state index in [2.05, 4.69) is 223 Å². The summed E-state index contributed by atoms with van der Waals surface area (Å²) in [6.07, 6.45) is 6.51. The normalized spacial score (nSPS) is 10.6. The van der Waals surface area contributed by atoms with Crippen LogP contribution in [0, 0.1) is 6.92 Å². The number of thiophene rings is 1. The van der Waals surface area contributed by atoms with E-state index in [0.29, 0.717) is 0 Å². The lowest BCUT2D eigenvalue weighted by Gasteiger charge is -2.19. The molecule has 0 amide bonds. The Balaban J connectivity index is 0.000000348. The maximum Gasteiger partial charge on any atom is 0.0433 e. The number of allylic oxidation sites excluding steroid dienone is 2.